The average Bonchev–Trinajstić information content (AvgIpc) is 2.82. The van der Waals surface area contributed by atoms with Crippen molar-refractivity contribution in [3.05, 3.63) is 84.6 Å². The van der Waals surface area contributed by atoms with E-state index in [-0.39, 0.29) is 29.2 Å². The Morgan fingerprint density at radius 3 is 2.35 bits per heavy atom. The summed E-state index contributed by atoms with van der Waals surface area (Å²) < 4.78 is 70.5. The van der Waals surface area contributed by atoms with E-state index in [0.717, 1.165) is 6.07 Å². The lowest BCUT2D eigenvalue weighted by molar-refractivity contribution is -0.136. The number of benzene rings is 3. The van der Waals surface area contributed by atoms with Gasteiger partial charge in [-0.25, -0.2) is 8.42 Å². The van der Waals surface area contributed by atoms with Gasteiger partial charge in [-0.3, -0.25) is 4.98 Å². The Morgan fingerprint density at radius 1 is 0.912 bits per heavy atom. The van der Waals surface area contributed by atoms with Crippen LogP contribution in [0.4, 0.5) is 13.2 Å². The summed E-state index contributed by atoms with van der Waals surface area (Å²) in [5.41, 5.74) is 0.296. The number of fused-ring (bicyclic) bond motifs is 1. The molecule has 4 rings (SSSR count). The van der Waals surface area contributed by atoms with Crippen LogP contribution in [-0.2, 0) is 16.0 Å². The van der Waals surface area contributed by atoms with Gasteiger partial charge in [0.1, 0.15) is 11.5 Å². The summed E-state index contributed by atoms with van der Waals surface area (Å²) in [4.78, 5) is 4.09. The van der Waals surface area contributed by atoms with Crippen LogP contribution >= 0.6 is 0 Å². The van der Waals surface area contributed by atoms with Gasteiger partial charge >= 0.3 is 6.18 Å². The maximum Gasteiger partial charge on any atom is 0.418 e. The zero-order chi connectivity index (χ0) is 24.3. The molecule has 5 nitrogen and oxygen atoms in total. The summed E-state index contributed by atoms with van der Waals surface area (Å²) in [6.45, 7) is -0.207. The molecule has 1 heterocycles. The van der Waals surface area contributed by atoms with Crippen LogP contribution in [0.3, 0.4) is 0 Å². The van der Waals surface area contributed by atoms with Crippen molar-refractivity contribution >= 4 is 20.7 Å². The van der Waals surface area contributed by atoms with Crippen LogP contribution in [0.1, 0.15) is 12.0 Å². The van der Waals surface area contributed by atoms with E-state index in [1.807, 2.05) is 0 Å². The number of aliphatic hydroxyl groups is 1. The lowest BCUT2D eigenvalue weighted by atomic mass is 9.99. The zero-order valence-electron chi connectivity index (χ0n) is 17.8. The van der Waals surface area contributed by atoms with Gasteiger partial charge in [0.05, 0.1) is 21.7 Å². The van der Waals surface area contributed by atoms with Crippen LogP contribution in [0.2, 0.25) is 0 Å². The number of sulfone groups is 1. The van der Waals surface area contributed by atoms with E-state index in [2.05, 4.69) is 4.98 Å². The molecule has 9 heteroatoms. The lowest BCUT2D eigenvalue weighted by Gasteiger charge is -2.13. The van der Waals surface area contributed by atoms with Gasteiger partial charge in [-0.2, -0.15) is 13.2 Å². The van der Waals surface area contributed by atoms with Gasteiger partial charge in [-0.1, -0.05) is 24.3 Å². The fourth-order valence-corrected chi connectivity index (χ4v) is 4.90. The molecule has 0 atom stereocenters. The van der Waals surface area contributed by atoms with Crippen molar-refractivity contribution in [1.82, 2.24) is 4.98 Å². The van der Waals surface area contributed by atoms with Crippen LogP contribution in [0.15, 0.2) is 83.9 Å². The average molecular weight is 487 g/mol. The Morgan fingerprint density at radius 2 is 1.65 bits per heavy atom. The molecule has 0 spiro atoms. The summed E-state index contributed by atoms with van der Waals surface area (Å²) in [6.07, 6.45) is -3.02. The molecule has 0 fully saturated rings. The molecule has 1 aromatic heterocycles. The van der Waals surface area contributed by atoms with Gasteiger partial charge in [0, 0.05) is 18.2 Å². The van der Waals surface area contributed by atoms with Gasteiger partial charge in [-0.05, 0) is 66.1 Å². The second-order valence-corrected chi connectivity index (χ2v) is 9.66. The molecule has 4 aromatic rings. The van der Waals surface area contributed by atoms with Crippen molar-refractivity contribution in [2.24, 2.45) is 0 Å². The molecule has 0 amide bonds. The monoisotopic (exact) mass is 487 g/mol. The molecule has 0 saturated carbocycles. The number of halogens is 3. The SMILES string of the molecule is O=S(=O)(CCCO)c1ccc(Oc2cccc(-c3ccnc4c(C(F)(F)F)cccc34)c2)cc1. The highest BCUT2D eigenvalue weighted by atomic mass is 32.2. The maximum absolute atomic E-state index is 13.4. The van der Waals surface area contributed by atoms with E-state index < -0.39 is 21.6 Å². The molecule has 1 N–H and O–H groups in total. The van der Waals surface area contributed by atoms with Crippen molar-refractivity contribution in [1.29, 1.82) is 0 Å². The van der Waals surface area contributed by atoms with E-state index >= 15 is 0 Å². The number of hydrogen-bond acceptors (Lipinski definition) is 5. The third kappa shape index (κ3) is 5.05. The number of nitrogens with zero attached hydrogens (tertiary/aromatic N) is 1. The third-order valence-corrected chi connectivity index (χ3v) is 7.03. The van der Waals surface area contributed by atoms with E-state index in [9.17, 15) is 21.6 Å². The number of alkyl halides is 3. The van der Waals surface area contributed by atoms with Gasteiger partial charge < -0.3 is 9.84 Å². The van der Waals surface area contributed by atoms with Crippen LogP contribution in [-0.4, -0.2) is 30.9 Å². The minimum Gasteiger partial charge on any atom is -0.457 e. The minimum atomic E-state index is -4.52. The van der Waals surface area contributed by atoms with Crippen molar-refractivity contribution in [3.63, 3.8) is 0 Å². The number of para-hydroxylation sites is 1. The topological polar surface area (TPSA) is 76.5 Å². The van der Waals surface area contributed by atoms with E-state index in [1.165, 1.54) is 36.5 Å². The van der Waals surface area contributed by atoms with Crippen LogP contribution < -0.4 is 4.74 Å². The second-order valence-electron chi connectivity index (χ2n) is 7.56. The summed E-state index contributed by atoms with van der Waals surface area (Å²) in [6, 6.07) is 18.4. The summed E-state index contributed by atoms with van der Waals surface area (Å²) in [7, 11) is -3.49. The predicted molar refractivity (Wildman–Crippen MR) is 122 cm³/mol. The molecular weight excluding hydrogens is 467 g/mol. The number of aromatic nitrogens is 1. The Balaban J connectivity index is 1.63. The quantitative estimate of drug-likeness (QED) is 0.353. The Labute approximate surface area is 194 Å². The Bertz CT molecular complexity index is 1420. The molecule has 0 radical (unpaired) electrons. The molecule has 0 saturated heterocycles. The molecule has 34 heavy (non-hydrogen) atoms. The largest absolute Gasteiger partial charge is 0.457 e. The predicted octanol–water partition coefficient (Wildman–Crippen LogP) is 5.87. The lowest BCUT2D eigenvalue weighted by Crippen LogP contribution is -2.08. The smallest absolute Gasteiger partial charge is 0.418 e. The second kappa shape index (κ2) is 9.44. The molecule has 0 aliphatic rings. The van der Waals surface area contributed by atoms with Crippen LogP contribution in [0, 0.1) is 0 Å². The van der Waals surface area contributed by atoms with Crippen molar-refractivity contribution in [3.8, 4) is 22.6 Å². The van der Waals surface area contributed by atoms with Gasteiger partial charge in [-0.15, -0.1) is 0 Å². The fourth-order valence-electron chi connectivity index (χ4n) is 3.61. The van der Waals surface area contributed by atoms with Crippen LogP contribution in [0.5, 0.6) is 11.5 Å². The number of hydrogen-bond donors (Lipinski definition) is 1. The fraction of sp³-hybridized carbons (Fsp3) is 0.160. The van der Waals surface area contributed by atoms with Crippen molar-refractivity contribution in [2.45, 2.75) is 17.5 Å². The number of rotatable bonds is 7. The van der Waals surface area contributed by atoms with E-state index in [0.29, 0.717) is 28.0 Å². The van der Waals surface area contributed by atoms with E-state index in [1.54, 1.807) is 36.4 Å². The molecule has 3 aromatic carbocycles. The number of ether oxygens (including phenoxy) is 1. The number of pyridine rings is 1. The minimum absolute atomic E-state index is 0.128. The summed E-state index contributed by atoms with van der Waals surface area (Å²) in [5, 5.41) is 9.23. The molecule has 176 valence electrons. The summed E-state index contributed by atoms with van der Waals surface area (Å²) in [5.74, 6) is 0.685. The third-order valence-electron chi connectivity index (χ3n) is 5.21. The van der Waals surface area contributed by atoms with Gasteiger partial charge in [0.25, 0.3) is 0 Å². The highest BCUT2D eigenvalue weighted by Crippen LogP contribution is 2.37. The molecule has 0 unspecified atom stereocenters. The molecule has 0 aliphatic heterocycles. The van der Waals surface area contributed by atoms with Crippen LogP contribution in [0.25, 0.3) is 22.0 Å². The first-order valence-electron chi connectivity index (χ1n) is 10.4. The Kier molecular flexibility index (Phi) is 6.58. The first kappa shape index (κ1) is 23.7. The molecular formula is C25H20F3NO4S. The Hall–Kier alpha value is -3.43. The standard InChI is InChI=1S/C25H20F3NO4S/c26-25(27,28)23-7-2-6-22-21(12-13-29-24(22)23)17-4-1-5-19(16-17)33-18-8-10-20(11-9-18)34(31,32)15-3-14-30/h1-2,4-13,16,30H,3,14-15H2. The number of aliphatic hydroxyl groups excluding tert-OH is 1. The normalized spacial score (nSPS) is 12.1. The zero-order valence-corrected chi connectivity index (χ0v) is 18.6. The highest BCUT2D eigenvalue weighted by molar-refractivity contribution is 7.91. The highest BCUT2D eigenvalue weighted by Gasteiger charge is 2.33. The van der Waals surface area contributed by atoms with E-state index in [4.69, 9.17) is 9.84 Å². The summed E-state index contributed by atoms with van der Waals surface area (Å²) >= 11 is 0. The van der Waals surface area contributed by atoms with Gasteiger partial charge in [0.2, 0.25) is 0 Å². The first-order chi connectivity index (χ1) is 16.2. The van der Waals surface area contributed by atoms with Gasteiger partial charge in [0.15, 0.2) is 9.84 Å². The molecule has 0 bridgehead atoms. The maximum atomic E-state index is 13.4. The van der Waals surface area contributed by atoms with Crippen molar-refractivity contribution < 1.29 is 31.4 Å². The molecule has 0 aliphatic carbocycles. The van der Waals surface area contributed by atoms with Crippen molar-refractivity contribution in [2.75, 3.05) is 12.4 Å². The first-order valence-corrected chi connectivity index (χ1v) is 12.0.